The SMILES string of the molecule is O=C(Nc1cccc(C2SCCS2)c1)c1cnccn1. The van der Waals surface area contributed by atoms with Gasteiger partial charge in [-0.1, -0.05) is 12.1 Å². The third-order valence-corrected chi connectivity index (χ3v) is 5.94. The summed E-state index contributed by atoms with van der Waals surface area (Å²) in [7, 11) is 0. The molecule has 0 saturated carbocycles. The number of hydrogen-bond acceptors (Lipinski definition) is 5. The summed E-state index contributed by atoms with van der Waals surface area (Å²) in [4.78, 5) is 19.9. The van der Waals surface area contributed by atoms with E-state index in [0.717, 1.165) is 5.69 Å². The molecule has 4 nitrogen and oxygen atoms in total. The van der Waals surface area contributed by atoms with Crippen LogP contribution in [0.15, 0.2) is 42.9 Å². The molecule has 0 aliphatic carbocycles. The second kappa shape index (κ2) is 6.28. The molecule has 1 saturated heterocycles. The number of hydrogen-bond donors (Lipinski definition) is 1. The third-order valence-electron chi connectivity index (χ3n) is 2.83. The Morgan fingerprint density at radius 2 is 2.10 bits per heavy atom. The topological polar surface area (TPSA) is 54.9 Å². The first kappa shape index (κ1) is 13.5. The average Bonchev–Trinajstić information content (AvgIpc) is 3.03. The lowest BCUT2D eigenvalue weighted by molar-refractivity contribution is 0.102. The van der Waals surface area contributed by atoms with Crippen LogP contribution in [0.2, 0.25) is 0 Å². The molecule has 2 heterocycles. The minimum atomic E-state index is -0.234. The molecular formula is C14H13N3OS2. The molecule has 1 fully saturated rings. The second-order valence-electron chi connectivity index (χ2n) is 4.24. The van der Waals surface area contributed by atoms with Crippen LogP contribution in [-0.4, -0.2) is 27.4 Å². The Morgan fingerprint density at radius 3 is 2.85 bits per heavy atom. The van der Waals surface area contributed by atoms with E-state index in [1.807, 2.05) is 41.7 Å². The smallest absolute Gasteiger partial charge is 0.275 e. The van der Waals surface area contributed by atoms with Gasteiger partial charge in [0.05, 0.1) is 10.8 Å². The number of benzene rings is 1. The zero-order chi connectivity index (χ0) is 13.8. The Labute approximate surface area is 125 Å². The molecule has 20 heavy (non-hydrogen) atoms. The lowest BCUT2D eigenvalue weighted by Gasteiger charge is -2.10. The van der Waals surface area contributed by atoms with Gasteiger partial charge in [0.2, 0.25) is 0 Å². The fourth-order valence-corrected chi connectivity index (χ4v) is 4.76. The maximum Gasteiger partial charge on any atom is 0.275 e. The van der Waals surface area contributed by atoms with Crippen LogP contribution in [0.5, 0.6) is 0 Å². The predicted octanol–water partition coefficient (Wildman–Crippen LogP) is 3.21. The predicted molar refractivity (Wildman–Crippen MR) is 84.1 cm³/mol. The Kier molecular flexibility index (Phi) is 4.22. The number of carbonyl (C=O) groups is 1. The van der Waals surface area contributed by atoms with Gasteiger partial charge in [-0.3, -0.25) is 9.78 Å². The van der Waals surface area contributed by atoms with Gasteiger partial charge in [-0.15, -0.1) is 23.5 Å². The number of thioether (sulfide) groups is 2. The minimum absolute atomic E-state index is 0.234. The van der Waals surface area contributed by atoms with E-state index in [-0.39, 0.29) is 5.91 Å². The van der Waals surface area contributed by atoms with Gasteiger partial charge in [0.15, 0.2) is 0 Å². The molecule has 6 heteroatoms. The molecule has 0 unspecified atom stereocenters. The van der Waals surface area contributed by atoms with E-state index in [9.17, 15) is 4.79 Å². The van der Waals surface area contributed by atoms with E-state index in [0.29, 0.717) is 10.3 Å². The molecule has 1 aromatic heterocycles. The van der Waals surface area contributed by atoms with Crippen molar-refractivity contribution in [1.29, 1.82) is 0 Å². The van der Waals surface area contributed by atoms with Crippen molar-refractivity contribution in [2.24, 2.45) is 0 Å². The van der Waals surface area contributed by atoms with Crippen molar-refractivity contribution in [3.8, 4) is 0 Å². The van der Waals surface area contributed by atoms with Crippen LogP contribution in [-0.2, 0) is 0 Å². The first-order valence-electron chi connectivity index (χ1n) is 6.23. The van der Waals surface area contributed by atoms with Crippen LogP contribution in [0.3, 0.4) is 0 Å². The highest BCUT2D eigenvalue weighted by molar-refractivity contribution is 8.19. The van der Waals surface area contributed by atoms with Crippen molar-refractivity contribution in [3.05, 3.63) is 54.1 Å². The summed E-state index contributed by atoms with van der Waals surface area (Å²) in [6.07, 6.45) is 4.52. The van der Waals surface area contributed by atoms with Gasteiger partial charge >= 0.3 is 0 Å². The maximum atomic E-state index is 12.0. The van der Waals surface area contributed by atoms with Gasteiger partial charge in [0.1, 0.15) is 5.69 Å². The van der Waals surface area contributed by atoms with E-state index >= 15 is 0 Å². The number of amides is 1. The van der Waals surface area contributed by atoms with E-state index < -0.39 is 0 Å². The molecule has 0 bridgehead atoms. The van der Waals surface area contributed by atoms with Crippen molar-refractivity contribution in [2.75, 3.05) is 16.8 Å². The highest BCUT2D eigenvalue weighted by Gasteiger charge is 2.18. The fourth-order valence-electron chi connectivity index (χ4n) is 1.93. The number of nitrogens with zero attached hydrogens (tertiary/aromatic N) is 2. The molecule has 1 N–H and O–H groups in total. The quantitative estimate of drug-likeness (QED) is 0.943. The summed E-state index contributed by atoms with van der Waals surface area (Å²) in [6, 6.07) is 8.00. The number of aromatic nitrogens is 2. The molecule has 1 aliphatic rings. The Bertz CT molecular complexity index is 600. The standard InChI is InChI=1S/C14H13N3OS2/c18-13(12-9-15-4-5-16-12)17-11-3-1-2-10(8-11)14-19-6-7-20-14/h1-5,8-9,14H,6-7H2,(H,17,18). The molecule has 0 atom stereocenters. The zero-order valence-electron chi connectivity index (χ0n) is 10.7. The van der Waals surface area contributed by atoms with Crippen molar-refractivity contribution in [2.45, 2.75) is 4.58 Å². The molecule has 0 spiro atoms. The summed E-state index contributed by atoms with van der Waals surface area (Å²) in [6.45, 7) is 0. The van der Waals surface area contributed by atoms with Gasteiger partial charge in [-0.2, -0.15) is 0 Å². The first-order chi connectivity index (χ1) is 9.83. The van der Waals surface area contributed by atoms with Gasteiger partial charge < -0.3 is 5.32 Å². The largest absolute Gasteiger partial charge is 0.321 e. The molecule has 2 aromatic rings. The van der Waals surface area contributed by atoms with Crippen LogP contribution < -0.4 is 5.32 Å². The first-order valence-corrected chi connectivity index (χ1v) is 8.33. The van der Waals surface area contributed by atoms with Crippen molar-refractivity contribution >= 4 is 35.1 Å². The number of nitrogens with one attached hydrogen (secondary N) is 1. The van der Waals surface area contributed by atoms with Gasteiger partial charge in [-0.25, -0.2) is 4.98 Å². The highest BCUT2D eigenvalue weighted by atomic mass is 32.2. The lowest BCUT2D eigenvalue weighted by atomic mass is 10.2. The van der Waals surface area contributed by atoms with E-state index in [1.54, 1.807) is 6.20 Å². The normalized spacial score (nSPS) is 15.2. The summed E-state index contributed by atoms with van der Waals surface area (Å²) < 4.78 is 0.475. The molecular weight excluding hydrogens is 290 g/mol. The van der Waals surface area contributed by atoms with Crippen LogP contribution >= 0.6 is 23.5 Å². The van der Waals surface area contributed by atoms with Gasteiger partial charge in [-0.05, 0) is 17.7 Å². The number of anilines is 1. The minimum Gasteiger partial charge on any atom is -0.321 e. The Morgan fingerprint density at radius 1 is 1.25 bits per heavy atom. The maximum absolute atomic E-state index is 12.0. The van der Waals surface area contributed by atoms with Gasteiger partial charge in [0.25, 0.3) is 5.91 Å². The highest BCUT2D eigenvalue weighted by Crippen LogP contribution is 2.45. The van der Waals surface area contributed by atoms with E-state index in [4.69, 9.17) is 0 Å². The summed E-state index contributed by atoms with van der Waals surface area (Å²) in [5, 5.41) is 2.86. The molecule has 0 radical (unpaired) electrons. The fraction of sp³-hybridized carbons (Fsp3) is 0.214. The molecule has 1 amide bonds. The molecule has 3 rings (SSSR count). The van der Waals surface area contributed by atoms with Crippen LogP contribution in [0.4, 0.5) is 5.69 Å². The molecule has 1 aromatic carbocycles. The monoisotopic (exact) mass is 303 g/mol. The molecule has 1 aliphatic heterocycles. The summed E-state index contributed by atoms with van der Waals surface area (Å²) in [5.41, 5.74) is 2.36. The van der Waals surface area contributed by atoms with Crippen LogP contribution in [0, 0.1) is 0 Å². The average molecular weight is 303 g/mol. The summed E-state index contributed by atoms with van der Waals surface area (Å²) >= 11 is 3.89. The number of carbonyl (C=O) groups excluding carboxylic acids is 1. The van der Waals surface area contributed by atoms with Crippen LogP contribution in [0.1, 0.15) is 20.6 Å². The molecule has 102 valence electrons. The lowest BCUT2D eigenvalue weighted by Crippen LogP contribution is -2.13. The van der Waals surface area contributed by atoms with E-state index in [2.05, 4.69) is 21.4 Å². The zero-order valence-corrected chi connectivity index (χ0v) is 12.3. The second-order valence-corrected chi connectivity index (χ2v) is 6.97. The summed E-state index contributed by atoms with van der Waals surface area (Å²) in [5.74, 6) is 2.14. The van der Waals surface area contributed by atoms with Crippen molar-refractivity contribution < 1.29 is 4.79 Å². The third kappa shape index (κ3) is 3.13. The van der Waals surface area contributed by atoms with Gasteiger partial charge in [0, 0.05) is 29.6 Å². The Balaban J connectivity index is 1.74. The Hall–Kier alpha value is -1.53. The van der Waals surface area contributed by atoms with E-state index in [1.165, 1.54) is 29.5 Å². The van der Waals surface area contributed by atoms with Crippen molar-refractivity contribution in [1.82, 2.24) is 9.97 Å². The van der Waals surface area contributed by atoms with Crippen LogP contribution in [0.25, 0.3) is 0 Å². The van der Waals surface area contributed by atoms with Crippen molar-refractivity contribution in [3.63, 3.8) is 0 Å². The number of rotatable bonds is 3.